The predicted octanol–water partition coefficient (Wildman–Crippen LogP) is 4.51. The van der Waals surface area contributed by atoms with E-state index in [1.807, 2.05) is 55.1 Å². The molecule has 4 rings (SSSR count). The molecule has 144 valence electrons. The molecule has 1 atom stereocenters. The molecule has 0 saturated heterocycles. The van der Waals surface area contributed by atoms with E-state index in [0.29, 0.717) is 28.3 Å². The topological polar surface area (TPSA) is 55.2 Å². The molecule has 0 aliphatic carbocycles. The molecular formula is C22H23N3O2S. The van der Waals surface area contributed by atoms with Crippen molar-refractivity contribution in [3.05, 3.63) is 64.6 Å². The number of aromatic nitrogens is 2. The van der Waals surface area contributed by atoms with E-state index in [1.54, 1.807) is 17.8 Å². The summed E-state index contributed by atoms with van der Waals surface area (Å²) < 4.78 is 1.41. The van der Waals surface area contributed by atoms with E-state index in [9.17, 15) is 9.59 Å². The van der Waals surface area contributed by atoms with Crippen LogP contribution in [-0.4, -0.2) is 27.5 Å². The Morgan fingerprint density at radius 3 is 2.54 bits per heavy atom. The van der Waals surface area contributed by atoms with Crippen molar-refractivity contribution < 1.29 is 4.79 Å². The molecule has 1 unspecified atom stereocenters. The van der Waals surface area contributed by atoms with Crippen LogP contribution in [0.5, 0.6) is 0 Å². The van der Waals surface area contributed by atoms with Crippen LogP contribution in [0.1, 0.15) is 43.7 Å². The van der Waals surface area contributed by atoms with Crippen molar-refractivity contribution >= 4 is 34.1 Å². The maximum atomic E-state index is 13.7. The highest BCUT2D eigenvalue weighted by atomic mass is 32.2. The van der Waals surface area contributed by atoms with Crippen molar-refractivity contribution in [2.75, 3.05) is 11.4 Å². The number of rotatable bonds is 2. The highest BCUT2D eigenvalue weighted by molar-refractivity contribution is 8.00. The maximum Gasteiger partial charge on any atom is 0.279 e. The molecule has 2 heterocycles. The smallest absolute Gasteiger partial charge is 0.279 e. The van der Waals surface area contributed by atoms with Gasteiger partial charge >= 0.3 is 0 Å². The molecular weight excluding hydrogens is 370 g/mol. The quantitative estimate of drug-likeness (QED) is 0.643. The fourth-order valence-corrected chi connectivity index (χ4v) is 4.65. The number of amides is 1. The minimum absolute atomic E-state index is 0.129. The fourth-order valence-electron chi connectivity index (χ4n) is 3.54. The number of carbonyl (C=O) groups excluding carboxylic acids is 1. The van der Waals surface area contributed by atoms with Gasteiger partial charge < -0.3 is 4.90 Å². The zero-order chi connectivity index (χ0) is 19.8. The third-order valence-electron chi connectivity index (χ3n) is 5.01. The van der Waals surface area contributed by atoms with Crippen LogP contribution in [0.25, 0.3) is 10.8 Å². The third-order valence-corrected chi connectivity index (χ3v) is 6.25. The van der Waals surface area contributed by atoms with E-state index >= 15 is 0 Å². The Morgan fingerprint density at radius 2 is 1.79 bits per heavy atom. The summed E-state index contributed by atoms with van der Waals surface area (Å²) in [4.78, 5) is 29.4. The number of para-hydroxylation sites is 1. The number of fused-ring (bicyclic) bond motifs is 2. The number of hydrogen-bond acceptors (Lipinski definition) is 4. The molecule has 3 aromatic rings. The summed E-state index contributed by atoms with van der Waals surface area (Å²) in [5, 5.41) is 6.06. The average Bonchev–Trinajstić information content (AvgIpc) is 2.86. The Labute approximate surface area is 168 Å². The Morgan fingerprint density at radius 1 is 1.11 bits per heavy atom. The number of thioether (sulfide) groups is 1. The number of benzene rings is 2. The molecule has 0 spiro atoms. The summed E-state index contributed by atoms with van der Waals surface area (Å²) >= 11 is 1.79. The lowest BCUT2D eigenvalue weighted by atomic mass is 10.1. The molecule has 1 amide bonds. The molecule has 5 nitrogen and oxygen atoms in total. The standard InChI is InChI=1S/C22H23N3O2S/c1-14(2)25-21(26)17-9-5-4-8-16(17)20(23-25)22(27)24-13-12-15(3)28-19-11-7-6-10-18(19)24/h4-11,14-15H,12-13H2,1-3H3. The van der Waals surface area contributed by atoms with E-state index in [4.69, 9.17) is 0 Å². The van der Waals surface area contributed by atoms with Crippen LogP contribution >= 0.6 is 11.8 Å². The second-order valence-electron chi connectivity index (χ2n) is 7.38. The number of hydrogen-bond donors (Lipinski definition) is 0. The van der Waals surface area contributed by atoms with Gasteiger partial charge in [0, 0.05) is 22.1 Å². The molecule has 2 aromatic carbocycles. The van der Waals surface area contributed by atoms with E-state index in [2.05, 4.69) is 18.1 Å². The first-order chi connectivity index (χ1) is 13.5. The highest BCUT2D eigenvalue weighted by Gasteiger charge is 2.28. The zero-order valence-corrected chi connectivity index (χ0v) is 17.1. The van der Waals surface area contributed by atoms with Crippen LogP contribution in [0.2, 0.25) is 0 Å². The molecule has 0 saturated carbocycles. The van der Waals surface area contributed by atoms with Crippen molar-refractivity contribution in [3.63, 3.8) is 0 Å². The van der Waals surface area contributed by atoms with Crippen LogP contribution in [0.15, 0.2) is 58.2 Å². The highest BCUT2D eigenvalue weighted by Crippen LogP contribution is 2.38. The first-order valence-corrected chi connectivity index (χ1v) is 10.4. The van der Waals surface area contributed by atoms with Crippen molar-refractivity contribution in [1.82, 2.24) is 9.78 Å². The number of carbonyl (C=O) groups is 1. The van der Waals surface area contributed by atoms with Crippen LogP contribution in [0, 0.1) is 0 Å². The van der Waals surface area contributed by atoms with Gasteiger partial charge in [0.25, 0.3) is 11.5 Å². The van der Waals surface area contributed by atoms with E-state index in [1.165, 1.54) is 4.68 Å². The summed E-state index contributed by atoms with van der Waals surface area (Å²) in [7, 11) is 0. The van der Waals surface area contributed by atoms with Crippen LogP contribution < -0.4 is 10.5 Å². The lowest BCUT2D eigenvalue weighted by Crippen LogP contribution is -2.36. The summed E-state index contributed by atoms with van der Waals surface area (Å²) in [5.74, 6) is -0.159. The first-order valence-electron chi connectivity index (χ1n) is 9.56. The molecule has 0 N–H and O–H groups in total. The van der Waals surface area contributed by atoms with Gasteiger partial charge in [-0.2, -0.15) is 5.10 Å². The van der Waals surface area contributed by atoms with Crippen LogP contribution in [0.4, 0.5) is 5.69 Å². The Balaban J connectivity index is 1.90. The Bertz CT molecular complexity index is 1110. The van der Waals surface area contributed by atoms with Gasteiger partial charge in [0.1, 0.15) is 0 Å². The monoisotopic (exact) mass is 393 g/mol. The zero-order valence-electron chi connectivity index (χ0n) is 16.3. The van der Waals surface area contributed by atoms with Gasteiger partial charge in [-0.15, -0.1) is 11.8 Å². The maximum absolute atomic E-state index is 13.7. The van der Waals surface area contributed by atoms with Gasteiger partial charge in [0.15, 0.2) is 5.69 Å². The number of anilines is 1. The third kappa shape index (κ3) is 3.22. The molecule has 0 bridgehead atoms. The van der Waals surface area contributed by atoms with E-state index in [0.717, 1.165) is 17.0 Å². The average molecular weight is 394 g/mol. The second-order valence-corrected chi connectivity index (χ2v) is 8.86. The largest absolute Gasteiger partial charge is 0.306 e. The fraction of sp³-hybridized carbons (Fsp3) is 0.318. The molecule has 0 fully saturated rings. The van der Waals surface area contributed by atoms with Crippen molar-refractivity contribution in [3.8, 4) is 0 Å². The summed E-state index contributed by atoms with van der Waals surface area (Å²) in [6.07, 6.45) is 0.896. The molecule has 0 radical (unpaired) electrons. The molecule has 1 aliphatic rings. The van der Waals surface area contributed by atoms with E-state index in [-0.39, 0.29) is 17.5 Å². The normalized spacial score (nSPS) is 16.9. The van der Waals surface area contributed by atoms with Gasteiger partial charge in [-0.05, 0) is 38.5 Å². The SMILES string of the molecule is CC1CCN(C(=O)c2nn(C(C)C)c(=O)c3ccccc23)c2ccccc2S1. The number of nitrogens with zero attached hydrogens (tertiary/aromatic N) is 3. The predicted molar refractivity (Wildman–Crippen MR) is 114 cm³/mol. The Kier molecular flexibility index (Phi) is 4.98. The first kappa shape index (κ1) is 18.7. The lowest BCUT2D eigenvalue weighted by molar-refractivity contribution is 0.0981. The van der Waals surface area contributed by atoms with Crippen molar-refractivity contribution in [2.45, 2.75) is 43.4 Å². The van der Waals surface area contributed by atoms with Gasteiger partial charge in [-0.25, -0.2) is 4.68 Å². The van der Waals surface area contributed by atoms with Gasteiger partial charge in [0.2, 0.25) is 0 Å². The second kappa shape index (κ2) is 7.43. The summed E-state index contributed by atoms with van der Waals surface area (Å²) in [5.41, 5.74) is 1.08. The minimum atomic E-state index is -0.164. The van der Waals surface area contributed by atoms with E-state index < -0.39 is 0 Å². The van der Waals surface area contributed by atoms with Crippen molar-refractivity contribution in [1.29, 1.82) is 0 Å². The van der Waals surface area contributed by atoms with Gasteiger partial charge in [-0.1, -0.05) is 37.3 Å². The van der Waals surface area contributed by atoms with Crippen molar-refractivity contribution in [2.24, 2.45) is 0 Å². The molecule has 1 aliphatic heterocycles. The molecule has 28 heavy (non-hydrogen) atoms. The molecule has 6 heteroatoms. The minimum Gasteiger partial charge on any atom is -0.306 e. The molecule has 1 aromatic heterocycles. The Hall–Kier alpha value is -2.60. The van der Waals surface area contributed by atoms with Gasteiger partial charge in [-0.3, -0.25) is 9.59 Å². The van der Waals surface area contributed by atoms with Gasteiger partial charge in [0.05, 0.1) is 17.1 Å². The van der Waals surface area contributed by atoms with Crippen LogP contribution in [-0.2, 0) is 0 Å². The summed E-state index contributed by atoms with van der Waals surface area (Å²) in [6, 6.07) is 15.1. The lowest BCUT2D eigenvalue weighted by Gasteiger charge is -2.23. The van der Waals surface area contributed by atoms with Crippen LogP contribution in [0.3, 0.4) is 0 Å². The summed E-state index contributed by atoms with van der Waals surface area (Å²) in [6.45, 7) is 6.61.